The number of aliphatic hydroxyl groups is 3. The number of carboxylic acid groups (broad SMARTS) is 1. The van der Waals surface area contributed by atoms with Crippen molar-refractivity contribution < 1.29 is 34.7 Å². The molecule has 1 saturated heterocycles. The van der Waals surface area contributed by atoms with Gasteiger partial charge in [0.25, 0.3) is 0 Å². The lowest BCUT2D eigenvalue weighted by atomic mass is 9.50. The SMILES string of the molecule is CC(C)[C@@H](C)C=C[C@@H](C)[C@H]1CC[C@H]2C3=CC=C4C[C@@H](OC5O[C@H](C(=O)O)[C@@H](O)[C@H](O)[C@H]5O)CC[C@]4(C)[C@H]3CC[C@]12C. The van der Waals surface area contributed by atoms with Crippen LogP contribution in [-0.2, 0) is 14.3 Å². The van der Waals surface area contributed by atoms with E-state index < -0.39 is 36.7 Å². The smallest absolute Gasteiger partial charge is 0.335 e. The highest BCUT2D eigenvalue weighted by Crippen LogP contribution is 2.66. The predicted octanol–water partition coefficient (Wildman–Crippen LogP) is 5.25. The number of hydrogen-bond donors (Lipinski definition) is 4. The minimum atomic E-state index is -1.71. The minimum absolute atomic E-state index is 0.0624. The summed E-state index contributed by atoms with van der Waals surface area (Å²) >= 11 is 0. The molecule has 0 radical (unpaired) electrons. The van der Waals surface area contributed by atoms with E-state index in [0.717, 1.165) is 12.8 Å². The van der Waals surface area contributed by atoms with E-state index in [-0.39, 0.29) is 11.5 Å². The number of hydrogen-bond acceptors (Lipinski definition) is 6. The molecule has 0 aromatic carbocycles. The third kappa shape index (κ3) is 5.39. The summed E-state index contributed by atoms with van der Waals surface area (Å²) in [6.07, 6.45) is 8.97. The van der Waals surface area contributed by atoms with Crippen LogP contribution in [0.2, 0.25) is 0 Å². The van der Waals surface area contributed by atoms with Gasteiger partial charge in [0.1, 0.15) is 18.3 Å². The molecule has 0 amide bonds. The van der Waals surface area contributed by atoms with Crippen molar-refractivity contribution in [1.82, 2.24) is 0 Å². The molecule has 1 unspecified atom stereocenters. The Morgan fingerprint density at radius 1 is 0.951 bits per heavy atom. The van der Waals surface area contributed by atoms with Gasteiger partial charge >= 0.3 is 5.97 Å². The highest BCUT2D eigenvalue weighted by Gasteiger charge is 2.57. The zero-order chi connectivity index (χ0) is 29.9. The fourth-order valence-electron chi connectivity index (χ4n) is 9.05. The van der Waals surface area contributed by atoms with E-state index in [1.165, 1.54) is 31.3 Å². The summed E-state index contributed by atoms with van der Waals surface area (Å²) in [5.41, 5.74) is 3.38. The molecule has 5 rings (SSSR count). The zero-order valence-corrected chi connectivity index (χ0v) is 25.7. The number of allylic oxidation sites excluding steroid dienone is 5. The van der Waals surface area contributed by atoms with Crippen LogP contribution in [0.5, 0.6) is 0 Å². The molecule has 7 heteroatoms. The van der Waals surface area contributed by atoms with Gasteiger partial charge in [-0.3, -0.25) is 0 Å². The standard InChI is InChI=1S/C34H52O7/c1-18(2)19(3)7-8-20(4)24-11-12-25-23-10-9-21-17-22(13-15-33(21,5)26(23)14-16-34(24,25)6)40-32-29(37)27(35)28(36)30(41-32)31(38)39/h7-10,18-20,22,24-30,32,35-37H,11-17H2,1-6H3,(H,38,39)/t19-,20+,22-,24+,25-,26-,27-,28-,29+,30-,32?,33-,34+/m0/s1. The fraction of sp³-hybridized carbons (Fsp3) is 0.794. The topological polar surface area (TPSA) is 116 Å². The van der Waals surface area contributed by atoms with Gasteiger partial charge in [-0.2, -0.15) is 0 Å². The van der Waals surface area contributed by atoms with Crippen LogP contribution in [0.1, 0.15) is 86.5 Å². The molecule has 41 heavy (non-hydrogen) atoms. The number of aliphatic hydroxyl groups excluding tert-OH is 3. The van der Waals surface area contributed by atoms with E-state index in [1.807, 2.05) is 0 Å². The third-order valence-electron chi connectivity index (χ3n) is 12.1. The van der Waals surface area contributed by atoms with Gasteiger partial charge in [0.15, 0.2) is 12.4 Å². The third-order valence-corrected chi connectivity index (χ3v) is 12.1. The van der Waals surface area contributed by atoms with Gasteiger partial charge < -0.3 is 29.9 Å². The van der Waals surface area contributed by atoms with Crippen LogP contribution < -0.4 is 0 Å². The second-order valence-corrected chi connectivity index (χ2v) is 14.7. The number of fused-ring (bicyclic) bond motifs is 5. The van der Waals surface area contributed by atoms with Crippen molar-refractivity contribution in [2.45, 2.75) is 123 Å². The molecule has 13 atom stereocenters. The summed E-state index contributed by atoms with van der Waals surface area (Å²) in [5.74, 6) is 2.31. The Morgan fingerprint density at radius 3 is 2.37 bits per heavy atom. The van der Waals surface area contributed by atoms with Crippen molar-refractivity contribution in [2.75, 3.05) is 0 Å². The average molecular weight is 573 g/mol. The number of carboxylic acids is 1. The molecular formula is C34H52O7. The summed E-state index contributed by atoms with van der Waals surface area (Å²) in [4.78, 5) is 11.5. The second kappa shape index (κ2) is 11.5. The highest BCUT2D eigenvalue weighted by molar-refractivity contribution is 5.73. The van der Waals surface area contributed by atoms with Crippen molar-refractivity contribution in [3.63, 3.8) is 0 Å². The van der Waals surface area contributed by atoms with Crippen molar-refractivity contribution in [3.05, 3.63) is 35.5 Å². The largest absolute Gasteiger partial charge is 0.479 e. The first-order valence-electron chi connectivity index (χ1n) is 15.9. The lowest BCUT2D eigenvalue weighted by Gasteiger charge is -2.55. The van der Waals surface area contributed by atoms with Crippen LogP contribution in [0.3, 0.4) is 0 Å². The molecule has 3 saturated carbocycles. The molecule has 4 N–H and O–H groups in total. The summed E-state index contributed by atoms with van der Waals surface area (Å²) < 4.78 is 11.5. The molecule has 5 aliphatic rings. The molecule has 0 spiro atoms. The van der Waals surface area contributed by atoms with Crippen LogP contribution in [0.15, 0.2) is 35.5 Å². The predicted molar refractivity (Wildman–Crippen MR) is 157 cm³/mol. The van der Waals surface area contributed by atoms with Gasteiger partial charge in [-0.05, 0) is 91.3 Å². The summed E-state index contributed by atoms with van der Waals surface area (Å²) in [5, 5.41) is 40.0. The molecule has 4 aliphatic carbocycles. The molecule has 230 valence electrons. The van der Waals surface area contributed by atoms with E-state index in [2.05, 4.69) is 65.8 Å². The van der Waals surface area contributed by atoms with E-state index in [4.69, 9.17) is 9.47 Å². The van der Waals surface area contributed by atoms with Crippen LogP contribution in [-0.4, -0.2) is 63.2 Å². The molecular weight excluding hydrogens is 520 g/mol. The summed E-state index contributed by atoms with van der Waals surface area (Å²) in [7, 11) is 0. The molecule has 0 aromatic heterocycles. The normalized spacial score (nSPS) is 45.9. The maximum absolute atomic E-state index is 11.5. The maximum Gasteiger partial charge on any atom is 0.335 e. The summed E-state index contributed by atoms with van der Waals surface area (Å²) in [6.45, 7) is 14.3. The van der Waals surface area contributed by atoms with Crippen molar-refractivity contribution in [1.29, 1.82) is 0 Å². The lowest BCUT2D eigenvalue weighted by molar-refractivity contribution is -0.305. The fourth-order valence-corrected chi connectivity index (χ4v) is 9.05. The Labute approximate surface area is 245 Å². The monoisotopic (exact) mass is 572 g/mol. The highest BCUT2D eigenvalue weighted by atomic mass is 16.7. The molecule has 1 aliphatic heterocycles. The zero-order valence-electron chi connectivity index (χ0n) is 25.7. The van der Waals surface area contributed by atoms with Gasteiger partial charge in [-0.1, -0.05) is 77.0 Å². The first-order chi connectivity index (χ1) is 19.3. The second-order valence-electron chi connectivity index (χ2n) is 14.7. The van der Waals surface area contributed by atoms with Gasteiger partial charge in [0.05, 0.1) is 6.10 Å². The molecule has 4 fully saturated rings. The average Bonchev–Trinajstić information content (AvgIpc) is 3.29. The van der Waals surface area contributed by atoms with Crippen LogP contribution in [0, 0.1) is 46.3 Å². The quantitative estimate of drug-likeness (QED) is 0.308. The maximum atomic E-state index is 11.5. The Hall–Kier alpha value is -1.51. The van der Waals surface area contributed by atoms with Crippen molar-refractivity contribution in [3.8, 4) is 0 Å². The Bertz CT molecular complexity index is 1080. The van der Waals surface area contributed by atoms with Crippen LogP contribution in [0.4, 0.5) is 0 Å². The Morgan fingerprint density at radius 2 is 1.68 bits per heavy atom. The number of rotatable bonds is 7. The molecule has 1 heterocycles. The number of ether oxygens (including phenoxy) is 2. The van der Waals surface area contributed by atoms with Crippen LogP contribution >= 0.6 is 0 Å². The molecule has 0 bridgehead atoms. The van der Waals surface area contributed by atoms with Crippen LogP contribution in [0.25, 0.3) is 0 Å². The van der Waals surface area contributed by atoms with Gasteiger partial charge in [-0.25, -0.2) is 4.79 Å². The van der Waals surface area contributed by atoms with Gasteiger partial charge in [0.2, 0.25) is 0 Å². The minimum Gasteiger partial charge on any atom is -0.479 e. The Kier molecular flexibility index (Phi) is 8.70. The van der Waals surface area contributed by atoms with E-state index in [1.54, 1.807) is 5.57 Å². The Balaban J connectivity index is 1.30. The molecule has 7 nitrogen and oxygen atoms in total. The number of carbonyl (C=O) groups is 1. The molecule has 0 aromatic rings. The van der Waals surface area contributed by atoms with Gasteiger partial charge in [-0.15, -0.1) is 0 Å². The van der Waals surface area contributed by atoms with Crippen molar-refractivity contribution >= 4 is 5.97 Å². The summed E-state index contributed by atoms with van der Waals surface area (Å²) in [6, 6.07) is 0. The van der Waals surface area contributed by atoms with E-state index in [9.17, 15) is 25.2 Å². The van der Waals surface area contributed by atoms with E-state index >= 15 is 0 Å². The first-order valence-corrected chi connectivity index (χ1v) is 15.9. The van der Waals surface area contributed by atoms with E-state index in [0.29, 0.717) is 47.3 Å². The number of aliphatic carboxylic acids is 1. The van der Waals surface area contributed by atoms with Gasteiger partial charge in [0, 0.05) is 0 Å². The first kappa shape index (κ1) is 30.9. The lowest BCUT2D eigenvalue weighted by Crippen LogP contribution is -2.61. The van der Waals surface area contributed by atoms with Crippen molar-refractivity contribution in [2.24, 2.45) is 46.3 Å².